The molecule has 0 aliphatic carbocycles. The van der Waals surface area contributed by atoms with Crippen molar-refractivity contribution in [3.05, 3.63) is 97.8 Å². The van der Waals surface area contributed by atoms with Crippen LogP contribution < -0.4 is 14.2 Å². The van der Waals surface area contributed by atoms with Crippen molar-refractivity contribution in [1.29, 1.82) is 0 Å². The van der Waals surface area contributed by atoms with Gasteiger partial charge in [0.05, 0.1) is 24.3 Å². The smallest absolute Gasteiger partial charge is 0.220 e. The molecule has 0 fully saturated rings. The van der Waals surface area contributed by atoms with E-state index in [2.05, 4.69) is 10.2 Å². The maximum atomic E-state index is 11.6. The van der Waals surface area contributed by atoms with Gasteiger partial charge in [0.1, 0.15) is 23.4 Å². The van der Waals surface area contributed by atoms with E-state index < -0.39 is 5.25 Å². The van der Waals surface area contributed by atoms with Crippen LogP contribution in [0.3, 0.4) is 0 Å². The summed E-state index contributed by atoms with van der Waals surface area (Å²) in [6.45, 7) is 1.74. The van der Waals surface area contributed by atoms with Crippen molar-refractivity contribution in [2.45, 2.75) is 23.9 Å². The molecule has 4 rings (SSSR count). The van der Waals surface area contributed by atoms with Gasteiger partial charge >= 0.3 is 0 Å². The Morgan fingerprint density at radius 3 is 2.39 bits per heavy atom. The van der Waals surface area contributed by atoms with E-state index in [1.807, 2.05) is 41.8 Å². The summed E-state index contributed by atoms with van der Waals surface area (Å²) in [5.41, 5.74) is 2.34. The minimum absolute atomic E-state index is 0.240. The second kappa shape index (κ2) is 12.4. The molecule has 0 unspecified atom stereocenters. The molecule has 9 nitrogen and oxygen atoms in total. The average molecular weight is 575 g/mol. The number of nitro groups is 1. The Morgan fingerprint density at radius 1 is 0.974 bits per heavy atom. The number of halogens is 2. The number of hydrogen-bond acceptors (Lipinski definition) is 8. The predicted octanol–water partition coefficient (Wildman–Crippen LogP) is 6.59. The minimum atomic E-state index is -0.566. The molecule has 1 aromatic heterocycles. The first-order valence-corrected chi connectivity index (χ1v) is 13.0. The fourth-order valence-electron chi connectivity index (χ4n) is 3.72. The highest BCUT2D eigenvalue weighted by atomic mass is 35.5. The van der Waals surface area contributed by atoms with E-state index in [0.29, 0.717) is 43.8 Å². The molecule has 0 saturated heterocycles. The summed E-state index contributed by atoms with van der Waals surface area (Å²) >= 11 is 13.3. The van der Waals surface area contributed by atoms with Crippen LogP contribution in [0.4, 0.5) is 0 Å². The van der Waals surface area contributed by atoms with Crippen molar-refractivity contribution in [3.8, 4) is 22.9 Å². The molecule has 0 radical (unpaired) electrons. The van der Waals surface area contributed by atoms with E-state index in [-0.39, 0.29) is 18.1 Å². The Morgan fingerprint density at radius 2 is 1.74 bits per heavy atom. The highest BCUT2D eigenvalue weighted by Gasteiger charge is 2.25. The van der Waals surface area contributed by atoms with Gasteiger partial charge in [0, 0.05) is 10.6 Å². The number of aryl methyl sites for hydroxylation is 1. The Bertz CT molecular complexity index is 1430. The first-order valence-electron chi connectivity index (χ1n) is 11.4. The Labute approximate surface area is 233 Å². The molecule has 1 heterocycles. The molecule has 0 saturated carbocycles. The van der Waals surface area contributed by atoms with Crippen molar-refractivity contribution in [1.82, 2.24) is 14.8 Å². The lowest BCUT2D eigenvalue weighted by Gasteiger charge is -2.17. The number of thioether (sulfide) groups is 1. The zero-order valence-electron chi connectivity index (χ0n) is 20.8. The fraction of sp³-hybridized carbons (Fsp3) is 0.231. The van der Waals surface area contributed by atoms with Crippen LogP contribution >= 0.6 is 35.0 Å². The molecule has 0 spiro atoms. The monoisotopic (exact) mass is 574 g/mol. The van der Waals surface area contributed by atoms with Gasteiger partial charge in [-0.25, -0.2) is 0 Å². The normalized spacial score (nSPS) is 11.7. The fourth-order valence-corrected chi connectivity index (χ4v) is 5.20. The summed E-state index contributed by atoms with van der Waals surface area (Å²) in [4.78, 5) is 11.2. The van der Waals surface area contributed by atoms with E-state index in [9.17, 15) is 10.1 Å². The van der Waals surface area contributed by atoms with Crippen LogP contribution in [0, 0.1) is 17.0 Å². The second-order valence-electron chi connectivity index (χ2n) is 8.13. The second-order valence-corrected chi connectivity index (χ2v) is 10.1. The molecule has 0 bridgehead atoms. The van der Waals surface area contributed by atoms with E-state index in [0.717, 1.165) is 11.3 Å². The molecular weight excluding hydrogens is 551 g/mol. The van der Waals surface area contributed by atoms with Crippen LogP contribution in [0.5, 0.6) is 17.2 Å². The number of hydrogen-bond donors (Lipinski definition) is 0. The molecule has 3 aromatic carbocycles. The molecule has 1 atom stereocenters. The number of methoxy groups -OCH3 is 2. The third-order valence-corrected chi connectivity index (χ3v) is 7.55. The standard InChI is InChI=1S/C26H24Cl2N4O5S/c1-16-29-30-26(32(16)19-6-8-20(35-2)9-7-19)38-25(14-31(33)34)18-5-11-23(24(13-18)36-3)37-15-17-4-10-21(27)22(28)12-17/h4-13,25H,14-15H2,1-3H3/t25-/m0/s1. The van der Waals surface area contributed by atoms with E-state index in [4.69, 9.17) is 37.4 Å². The van der Waals surface area contributed by atoms with Gasteiger partial charge < -0.3 is 14.2 Å². The molecule has 0 N–H and O–H groups in total. The van der Waals surface area contributed by atoms with Crippen LogP contribution in [0.2, 0.25) is 10.0 Å². The number of rotatable bonds is 11. The van der Waals surface area contributed by atoms with Crippen LogP contribution in [-0.2, 0) is 6.61 Å². The summed E-state index contributed by atoms with van der Waals surface area (Å²) in [5.74, 6) is 2.31. The molecule has 0 aliphatic heterocycles. The van der Waals surface area contributed by atoms with Gasteiger partial charge in [0.25, 0.3) is 0 Å². The first kappa shape index (κ1) is 27.6. The van der Waals surface area contributed by atoms with Crippen LogP contribution in [0.25, 0.3) is 5.69 Å². The molecule has 0 aliphatic rings. The van der Waals surface area contributed by atoms with Gasteiger partial charge in [-0.05, 0) is 66.6 Å². The number of nitrogens with zero attached hydrogens (tertiary/aromatic N) is 4. The van der Waals surface area contributed by atoms with E-state index in [1.165, 1.54) is 18.9 Å². The summed E-state index contributed by atoms with van der Waals surface area (Å²) in [7, 11) is 3.12. The molecule has 12 heteroatoms. The Balaban J connectivity index is 1.59. The van der Waals surface area contributed by atoms with E-state index >= 15 is 0 Å². The third kappa shape index (κ3) is 6.50. The quantitative estimate of drug-likeness (QED) is 0.112. The maximum Gasteiger partial charge on any atom is 0.220 e. The number of aromatic nitrogens is 3. The van der Waals surface area contributed by atoms with Gasteiger partial charge in [-0.3, -0.25) is 14.7 Å². The maximum absolute atomic E-state index is 11.6. The van der Waals surface area contributed by atoms with Crippen molar-refractivity contribution < 1.29 is 19.1 Å². The highest BCUT2D eigenvalue weighted by Crippen LogP contribution is 2.40. The van der Waals surface area contributed by atoms with Crippen LogP contribution in [0.15, 0.2) is 65.8 Å². The molecule has 4 aromatic rings. The number of benzene rings is 3. The topological polar surface area (TPSA) is 102 Å². The Kier molecular flexibility index (Phi) is 8.98. The lowest BCUT2D eigenvalue weighted by Crippen LogP contribution is -2.11. The van der Waals surface area contributed by atoms with Gasteiger partial charge in [0.2, 0.25) is 6.54 Å². The van der Waals surface area contributed by atoms with Crippen LogP contribution in [0.1, 0.15) is 22.2 Å². The SMILES string of the molecule is COc1ccc(-n2c(C)nnc2S[C@@H](C[N+](=O)[O-])c2ccc(OCc3ccc(Cl)c(Cl)c3)c(OC)c2)cc1. The lowest BCUT2D eigenvalue weighted by molar-refractivity contribution is -0.479. The zero-order valence-corrected chi connectivity index (χ0v) is 23.1. The molecule has 38 heavy (non-hydrogen) atoms. The summed E-state index contributed by atoms with van der Waals surface area (Å²) in [6.07, 6.45) is 0. The van der Waals surface area contributed by atoms with Gasteiger partial charge in [-0.2, -0.15) is 0 Å². The zero-order chi connectivity index (χ0) is 27.2. The highest BCUT2D eigenvalue weighted by molar-refractivity contribution is 7.99. The summed E-state index contributed by atoms with van der Waals surface area (Å²) < 4.78 is 18.6. The van der Waals surface area contributed by atoms with Gasteiger partial charge in [0.15, 0.2) is 16.7 Å². The third-order valence-electron chi connectivity index (χ3n) is 5.63. The minimum Gasteiger partial charge on any atom is -0.497 e. The van der Waals surface area contributed by atoms with Gasteiger partial charge in [-0.1, -0.05) is 47.1 Å². The van der Waals surface area contributed by atoms with Crippen molar-refractivity contribution >= 4 is 35.0 Å². The average Bonchev–Trinajstić information content (AvgIpc) is 3.28. The summed E-state index contributed by atoms with van der Waals surface area (Å²) in [6, 6.07) is 17.9. The lowest BCUT2D eigenvalue weighted by atomic mass is 10.1. The largest absolute Gasteiger partial charge is 0.497 e. The van der Waals surface area contributed by atoms with Crippen molar-refractivity contribution in [2.24, 2.45) is 0 Å². The predicted molar refractivity (Wildman–Crippen MR) is 147 cm³/mol. The number of ether oxygens (including phenoxy) is 3. The van der Waals surface area contributed by atoms with E-state index in [1.54, 1.807) is 37.4 Å². The Hall–Kier alpha value is -3.47. The van der Waals surface area contributed by atoms with Gasteiger partial charge in [-0.15, -0.1) is 10.2 Å². The van der Waals surface area contributed by atoms with Crippen molar-refractivity contribution in [3.63, 3.8) is 0 Å². The summed E-state index contributed by atoms with van der Waals surface area (Å²) in [5, 5.41) is 20.9. The molecular formula is C26H24Cl2N4O5S. The molecule has 198 valence electrons. The first-order chi connectivity index (χ1) is 18.3. The molecule has 0 amide bonds. The van der Waals surface area contributed by atoms with Crippen LogP contribution in [-0.4, -0.2) is 40.5 Å². The van der Waals surface area contributed by atoms with Crippen molar-refractivity contribution in [2.75, 3.05) is 20.8 Å².